The molecule has 1 aromatic carbocycles. The minimum absolute atomic E-state index is 0.0303. The highest BCUT2D eigenvalue weighted by atomic mass is 16.5. The van der Waals surface area contributed by atoms with Crippen molar-refractivity contribution >= 4 is 11.8 Å². The number of rotatable bonds is 6. The number of carbonyl (C=O) groups excluding carboxylic acids is 2. The van der Waals surface area contributed by atoms with Crippen LogP contribution in [-0.2, 0) is 9.59 Å². The number of ether oxygens (including phenoxy) is 1. The van der Waals surface area contributed by atoms with Crippen LogP contribution in [0.3, 0.4) is 0 Å². The van der Waals surface area contributed by atoms with Crippen molar-refractivity contribution in [2.24, 2.45) is 0 Å². The molecule has 0 saturated carbocycles. The third-order valence-electron chi connectivity index (χ3n) is 4.86. The number of nitrogens with one attached hydrogen (secondary N) is 1. The number of nitrogens with zero attached hydrogens (tertiary/aromatic N) is 2. The molecule has 1 aliphatic heterocycles. The van der Waals surface area contributed by atoms with Crippen molar-refractivity contribution in [3.63, 3.8) is 0 Å². The van der Waals surface area contributed by atoms with E-state index in [0.29, 0.717) is 26.2 Å². The molecule has 1 N–H and O–H groups in total. The predicted molar refractivity (Wildman–Crippen MR) is 101 cm³/mol. The third-order valence-corrected chi connectivity index (χ3v) is 4.86. The molecule has 0 aromatic heterocycles. The maximum Gasteiger partial charge on any atom is 0.260 e. The van der Waals surface area contributed by atoms with Gasteiger partial charge in [-0.15, -0.1) is 6.42 Å². The standard InChI is InChI=1S/C20H27N3O3/c1-5-9-21-20(25)17(4)22-10-12-23(13-11-22)19(24)14-26-18-8-6-7-15(2)16(18)3/h1,6-8,17H,9-14H2,2-4H3,(H,21,25). The van der Waals surface area contributed by atoms with E-state index in [-0.39, 0.29) is 31.0 Å². The first-order chi connectivity index (χ1) is 12.4. The van der Waals surface area contributed by atoms with E-state index in [4.69, 9.17) is 11.2 Å². The summed E-state index contributed by atoms with van der Waals surface area (Å²) in [6.07, 6.45) is 5.16. The largest absolute Gasteiger partial charge is 0.483 e. The van der Waals surface area contributed by atoms with Crippen molar-refractivity contribution in [2.45, 2.75) is 26.8 Å². The quantitative estimate of drug-likeness (QED) is 0.771. The predicted octanol–water partition coefficient (Wildman–Crippen LogP) is 0.964. The molecule has 0 radical (unpaired) electrons. The lowest BCUT2D eigenvalue weighted by atomic mass is 10.1. The molecule has 1 unspecified atom stereocenters. The van der Waals surface area contributed by atoms with E-state index in [1.807, 2.05) is 39.0 Å². The van der Waals surface area contributed by atoms with Gasteiger partial charge < -0.3 is 15.0 Å². The van der Waals surface area contributed by atoms with Crippen LogP contribution in [0.1, 0.15) is 18.1 Å². The van der Waals surface area contributed by atoms with Gasteiger partial charge in [0.2, 0.25) is 5.91 Å². The molecular weight excluding hydrogens is 330 g/mol. The number of amides is 2. The second kappa shape index (κ2) is 9.25. The van der Waals surface area contributed by atoms with Crippen LogP contribution in [0.2, 0.25) is 0 Å². The van der Waals surface area contributed by atoms with Gasteiger partial charge in [0.25, 0.3) is 5.91 Å². The molecule has 1 heterocycles. The molecular formula is C20H27N3O3. The van der Waals surface area contributed by atoms with Gasteiger partial charge in [0.15, 0.2) is 6.61 Å². The number of aryl methyl sites for hydroxylation is 1. The first kappa shape index (κ1) is 19.8. The Morgan fingerprint density at radius 1 is 1.27 bits per heavy atom. The highest BCUT2D eigenvalue weighted by Crippen LogP contribution is 2.20. The Labute approximate surface area is 155 Å². The van der Waals surface area contributed by atoms with Crippen molar-refractivity contribution in [2.75, 3.05) is 39.3 Å². The van der Waals surface area contributed by atoms with E-state index in [1.165, 1.54) is 0 Å². The van der Waals surface area contributed by atoms with Crippen molar-refractivity contribution in [3.8, 4) is 18.1 Å². The summed E-state index contributed by atoms with van der Waals surface area (Å²) in [6, 6.07) is 5.56. The summed E-state index contributed by atoms with van der Waals surface area (Å²) in [7, 11) is 0. The normalized spacial score (nSPS) is 15.8. The van der Waals surface area contributed by atoms with Crippen LogP contribution < -0.4 is 10.1 Å². The van der Waals surface area contributed by atoms with Gasteiger partial charge in [-0.25, -0.2) is 0 Å². The van der Waals surface area contributed by atoms with Crippen LogP contribution in [0, 0.1) is 26.2 Å². The molecule has 1 fully saturated rings. The van der Waals surface area contributed by atoms with Gasteiger partial charge in [-0.2, -0.15) is 0 Å². The van der Waals surface area contributed by atoms with Crippen LogP contribution >= 0.6 is 0 Å². The van der Waals surface area contributed by atoms with E-state index < -0.39 is 0 Å². The second-order valence-corrected chi connectivity index (χ2v) is 6.50. The van der Waals surface area contributed by atoms with Gasteiger partial charge in [-0.3, -0.25) is 14.5 Å². The highest BCUT2D eigenvalue weighted by molar-refractivity contribution is 5.81. The minimum atomic E-state index is -0.258. The summed E-state index contributed by atoms with van der Waals surface area (Å²) in [6.45, 7) is 8.60. The molecule has 1 saturated heterocycles. The minimum Gasteiger partial charge on any atom is -0.483 e. The molecule has 6 heteroatoms. The first-order valence-corrected chi connectivity index (χ1v) is 8.86. The number of benzene rings is 1. The molecule has 1 aromatic rings. The average Bonchev–Trinajstić information content (AvgIpc) is 2.66. The van der Waals surface area contributed by atoms with E-state index >= 15 is 0 Å². The Hall–Kier alpha value is -2.52. The molecule has 2 amide bonds. The summed E-state index contributed by atoms with van der Waals surface area (Å²) < 4.78 is 5.70. The van der Waals surface area contributed by atoms with Gasteiger partial charge >= 0.3 is 0 Å². The zero-order chi connectivity index (χ0) is 19.1. The van der Waals surface area contributed by atoms with E-state index in [2.05, 4.69) is 16.1 Å². The molecule has 140 valence electrons. The van der Waals surface area contributed by atoms with Crippen molar-refractivity contribution < 1.29 is 14.3 Å². The van der Waals surface area contributed by atoms with Crippen LogP contribution in [0.4, 0.5) is 0 Å². The maximum atomic E-state index is 12.4. The van der Waals surface area contributed by atoms with Crippen molar-refractivity contribution in [3.05, 3.63) is 29.3 Å². The Morgan fingerprint density at radius 2 is 1.96 bits per heavy atom. The van der Waals surface area contributed by atoms with Gasteiger partial charge in [-0.1, -0.05) is 18.1 Å². The number of hydrogen-bond acceptors (Lipinski definition) is 4. The molecule has 0 bridgehead atoms. The summed E-state index contributed by atoms with van der Waals surface area (Å²) >= 11 is 0. The molecule has 26 heavy (non-hydrogen) atoms. The number of terminal acetylenes is 1. The third kappa shape index (κ3) is 4.99. The first-order valence-electron chi connectivity index (χ1n) is 8.86. The SMILES string of the molecule is C#CCNC(=O)C(C)N1CCN(C(=O)COc2cccc(C)c2C)CC1. The topological polar surface area (TPSA) is 61.9 Å². The molecule has 6 nitrogen and oxygen atoms in total. The lowest BCUT2D eigenvalue weighted by Gasteiger charge is -2.37. The Morgan fingerprint density at radius 3 is 2.62 bits per heavy atom. The van der Waals surface area contributed by atoms with Crippen LogP contribution in [0.25, 0.3) is 0 Å². The van der Waals surface area contributed by atoms with E-state index in [0.717, 1.165) is 16.9 Å². The van der Waals surface area contributed by atoms with Crippen LogP contribution in [0.15, 0.2) is 18.2 Å². The second-order valence-electron chi connectivity index (χ2n) is 6.50. The van der Waals surface area contributed by atoms with Gasteiger partial charge in [0, 0.05) is 26.2 Å². The molecule has 1 aliphatic rings. The molecule has 2 rings (SSSR count). The summed E-state index contributed by atoms with van der Waals surface area (Å²) in [5.74, 6) is 3.03. The van der Waals surface area contributed by atoms with Gasteiger partial charge in [0.05, 0.1) is 12.6 Å². The fraction of sp³-hybridized carbons (Fsp3) is 0.500. The number of piperazine rings is 1. The lowest BCUT2D eigenvalue weighted by molar-refractivity contribution is -0.136. The fourth-order valence-electron chi connectivity index (χ4n) is 2.92. The smallest absolute Gasteiger partial charge is 0.260 e. The lowest BCUT2D eigenvalue weighted by Crippen LogP contribution is -2.55. The molecule has 1 atom stereocenters. The zero-order valence-corrected chi connectivity index (χ0v) is 15.7. The zero-order valence-electron chi connectivity index (χ0n) is 15.7. The Balaban J connectivity index is 1.80. The number of carbonyl (C=O) groups is 2. The van der Waals surface area contributed by atoms with Crippen molar-refractivity contribution in [1.82, 2.24) is 15.1 Å². The molecule has 0 aliphatic carbocycles. The fourth-order valence-corrected chi connectivity index (χ4v) is 2.92. The van der Waals surface area contributed by atoms with Crippen molar-refractivity contribution in [1.29, 1.82) is 0 Å². The van der Waals surface area contributed by atoms with Gasteiger partial charge in [0.1, 0.15) is 5.75 Å². The summed E-state index contributed by atoms with van der Waals surface area (Å²) in [5.41, 5.74) is 2.19. The highest BCUT2D eigenvalue weighted by Gasteiger charge is 2.27. The Bertz CT molecular complexity index is 688. The average molecular weight is 357 g/mol. The Kier molecular flexibility index (Phi) is 7.05. The summed E-state index contributed by atoms with van der Waals surface area (Å²) in [4.78, 5) is 28.2. The summed E-state index contributed by atoms with van der Waals surface area (Å²) in [5, 5.41) is 2.69. The monoisotopic (exact) mass is 357 g/mol. The van der Waals surface area contributed by atoms with Crippen LogP contribution in [0.5, 0.6) is 5.75 Å². The maximum absolute atomic E-state index is 12.4. The molecule has 0 spiro atoms. The van der Waals surface area contributed by atoms with Gasteiger partial charge in [-0.05, 0) is 38.0 Å². The van der Waals surface area contributed by atoms with E-state index in [9.17, 15) is 9.59 Å². The van der Waals surface area contributed by atoms with E-state index in [1.54, 1.807) is 4.90 Å². The number of hydrogen-bond donors (Lipinski definition) is 1. The van der Waals surface area contributed by atoms with Crippen LogP contribution in [-0.4, -0.2) is 67.0 Å².